The molecular weight excluding hydrogens is 376 g/mol. The van der Waals surface area contributed by atoms with Crippen LogP contribution >= 0.6 is 0 Å². The minimum Gasteiger partial charge on any atom is -0.373 e. The van der Waals surface area contributed by atoms with Gasteiger partial charge in [0.1, 0.15) is 0 Å². The lowest BCUT2D eigenvalue weighted by Gasteiger charge is -2.34. The summed E-state index contributed by atoms with van der Waals surface area (Å²) in [6, 6.07) is 13.9. The summed E-state index contributed by atoms with van der Waals surface area (Å²) in [6.07, 6.45) is -0.296. The van der Waals surface area contributed by atoms with E-state index in [9.17, 15) is 13.2 Å². The molecule has 2 aromatic rings. The molecule has 1 N–H and O–H groups in total. The quantitative estimate of drug-likeness (QED) is 0.834. The Balaban J connectivity index is 1.68. The van der Waals surface area contributed by atoms with Gasteiger partial charge in [-0.05, 0) is 56.2 Å². The average molecular weight is 403 g/mol. The lowest BCUT2D eigenvalue weighted by Crippen LogP contribution is -2.48. The van der Waals surface area contributed by atoms with Gasteiger partial charge in [-0.1, -0.05) is 24.3 Å². The molecule has 6 nitrogen and oxygen atoms in total. The van der Waals surface area contributed by atoms with E-state index in [1.807, 2.05) is 45.0 Å². The van der Waals surface area contributed by atoms with E-state index in [0.29, 0.717) is 25.2 Å². The summed E-state index contributed by atoms with van der Waals surface area (Å²) >= 11 is 0. The molecule has 0 saturated carbocycles. The summed E-state index contributed by atoms with van der Waals surface area (Å²) in [7, 11) is -3.61. The Bertz CT molecular complexity index is 931. The summed E-state index contributed by atoms with van der Waals surface area (Å²) in [6.45, 7) is 6.79. The maximum atomic E-state index is 12.9. The third-order valence-electron chi connectivity index (χ3n) is 4.84. The van der Waals surface area contributed by atoms with Crippen LogP contribution in [0.25, 0.3) is 0 Å². The maximum Gasteiger partial charge on any atom is 0.251 e. The maximum absolute atomic E-state index is 12.9. The van der Waals surface area contributed by atoms with Crippen molar-refractivity contribution in [2.24, 2.45) is 0 Å². The highest BCUT2D eigenvalue weighted by atomic mass is 32.2. The molecule has 1 saturated heterocycles. The number of amides is 1. The van der Waals surface area contributed by atoms with Gasteiger partial charge < -0.3 is 10.1 Å². The van der Waals surface area contributed by atoms with Crippen molar-refractivity contribution in [2.45, 2.75) is 44.4 Å². The molecule has 1 fully saturated rings. The van der Waals surface area contributed by atoms with Crippen LogP contribution in [-0.2, 0) is 21.3 Å². The third-order valence-corrected chi connectivity index (χ3v) is 6.69. The number of nitrogens with zero attached hydrogens (tertiary/aromatic N) is 1. The molecule has 1 aliphatic rings. The molecule has 1 amide bonds. The van der Waals surface area contributed by atoms with Crippen molar-refractivity contribution in [2.75, 3.05) is 13.1 Å². The fourth-order valence-corrected chi connectivity index (χ4v) is 4.93. The van der Waals surface area contributed by atoms with Crippen LogP contribution in [0.4, 0.5) is 0 Å². The number of carbonyl (C=O) groups is 1. The van der Waals surface area contributed by atoms with E-state index >= 15 is 0 Å². The van der Waals surface area contributed by atoms with E-state index in [2.05, 4.69) is 5.32 Å². The van der Waals surface area contributed by atoms with Crippen LogP contribution in [0.2, 0.25) is 0 Å². The topological polar surface area (TPSA) is 75.7 Å². The van der Waals surface area contributed by atoms with Gasteiger partial charge in [0, 0.05) is 25.2 Å². The van der Waals surface area contributed by atoms with Crippen molar-refractivity contribution >= 4 is 15.9 Å². The lowest BCUT2D eigenvalue weighted by molar-refractivity contribution is -0.0440. The zero-order chi connectivity index (χ0) is 20.3. The van der Waals surface area contributed by atoms with Crippen molar-refractivity contribution in [1.82, 2.24) is 9.62 Å². The van der Waals surface area contributed by atoms with E-state index in [0.717, 1.165) is 11.1 Å². The Kier molecular flexibility index (Phi) is 6.17. The van der Waals surface area contributed by atoms with E-state index in [4.69, 9.17) is 4.74 Å². The van der Waals surface area contributed by atoms with Gasteiger partial charge in [-0.2, -0.15) is 4.31 Å². The molecule has 2 atom stereocenters. The molecule has 3 rings (SSSR count). The first-order valence-corrected chi connectivity index (χ1v) is 10.8. The number of carbonyl (C=O) groups excluding carboxylic acids is 1. The first-order valence-electron chi connectivity index (χ1n) is 9.36. The molecule has 7 heteroatoms. The highest BCUT2D eigenvalue weighted by Crippen LogP contribution is 2.21. The van der Waals surface area contributed by atoms with Crippen LogP contribution in [0.5, 0.6) is 0 Å². The Morgan fingerprint density at radius 2 is 1.68 bits per heavy atom. The molecule has 0 unspecified atom stereocenters. The van der Waals surface area contributed by atoms with Gasteiger partial charge in [0.15, 0.2) is 0 Å². The Hall–Kier alpha value is -2.22. The first-order chi connectivity index (χ1) is 13.3. The number of nitrogens with one attached hydrogen (secondary N) is 1. The largest absolute Gasteiger partial charge is 0.373 e. The van der Waals surface area contributed by atoms with Crippen LogP contribution in [-0.4, -0.2) is 43.9 Å². The Morgan fingerprint density at radius 1 is 1.07 bits per heavy atom. The van der Waals surface area contributed by atoms with Crippen LogP contribution in [0.1, 0.15) is 35.3 Å². The van der Waals surface area contributed by atoms with Crippen LogP contribution in [0.3, 0.4) is 0 Å². The van der Waals surface area contributed by atoms with E-state index in [1.54, 1.807) is 12.1 Å². The molecule has 28 heavy (non-hydrogen) atoms. The Morgan fingerprint density at radius 3 is 2.29 bits per heavy atom. The fourth-order valence-electron chi connectivity index (χ4n) is 3.34. The van der Waals surface area contributed by atoms with Crippen molar-refractivity contribution < 1.29 is 17.9 Å². The van der Waals surface area contributed by atoms with Gasteiger partial charge >= 0.3 is 0 Å². The van der Waals surface area contributed by atoms with Gasteiger partial charge in [0.2, 0.25) is 10.0 Å². The zero-order valence-corrected chi connectivity index (χ0v) is 17.2. The number of hydrogen-bond donors (Lipinski definition) is 1. The van der Waals surface area contributed by atoms with Gasteiger partial charge in [-0.25, -0.2) is 8.42 Å². The smallest absolute Gasteiger partial charge is 0.251 e. The summed E-state index contributed by atoms with van der Waals surface area (Å²) in [5.41, 5.74) is 2.58. The predicted molar refractivity (Wildman–Crippen MR) is 108 cm³/mol. The van der Waals surface area contributed by atoms with Gasteiger partial charge in [0.25, 0.3) is 5.91 Å². The van der Waals surface area contributed by atoms with Gasteiger partial charge in [-0.3, -0.25) is 4.79 Å². The third kappa shape index (κ3) is 4.60. The molecule has 150 valence electrons. The van der Waals surface area contributed by atoms with Crippen LogP contribution < -0.4 is 5.32 Å². The number of ether oxygens (including phenoxy) is 1. The van der Waals surface area contributed by atoms with Crippen LogP contribution in [0.15, 0.2) is 53.4 Å². The summed E-state index contributed by atoms with van der Waals surface area (Å²) in [5.74, 6) is -0.235. The minimum atomic E-state index is -3.61. The number of rotatable bonds is 5. The van der Waals surface area contributed by atoms with Crippen molar-refractivity contribution in [1.29, 1.82) is 0 Å². The molecule has 2 aromatic carbocycles. The van der Waals surface area contributed by atoms with Gasteiger partial charge in [0.05, 0.1) is 17.1 Å². The minimum absolute atomic E-state index is 0.148. The highest BCUT2D eigenvalue weighted by molar-refractivity contribution is 7.89. The van der Waals surface area contributed by atoms with E-state index in [1.165, 1.54) is 16.4 Å². The predicted octanol–water partition coefficient (Wildman–Crippen LogP) is 2.72. The summed E-state index contributed by atoms with van der Waals surface area (Å²) < 4.78 is 32.8. The zero-order valence-electron chi connectivity index (χ0n) is 16.4. The van der Waals surface area contributed by atoms with E-state index < -0.39 is 10.0 Å². The number of hydrogen-bond acceptors (Lipinski definition) is 4. The SMILES string of the molecule is Cc1ccccc1CNC(=O)c1ccc(S(=O)(=O)N2C[C@@H](C)O[C@H](C)C2)cc1. The van der Waals surface area contributed by atoms with Crippen LogP contribution in [0, 0.1) is 6.92 Å². The van der Waals surface area contributed by atoms with Crippen molar-refractivity contribution in [3.63, 3.8) is 0 Å². The molecule has 1 heterocycles. The summed E-state index contributed by atoms with van der Waals surface area (Å²) in [4.78, 5) is 12.6. The second-order valence-corrected chi connectivity index (χ2v) is 9.15. The lowest BCUT2D eigenvalue weighted by atomic mass is 10.1. The normalized spacial score (nSPS) is 20.7. The van der Waals surface area contributed by atoms with Crippen molar-refractivity contribution in [3.05, 3.63) is 65.2 Å². The standard InChI is InChI=1S/C21H26N2O4S/c1-15-6-4-5-7-19(15)12-22-21(24)18-8-10-20(11-9-18)28(25,26)23-13-16(2)27-17(3)14-23/h4-11,16-17H,12-14H2,1-3H3,(H,22,24)/t16-,17-/m1/s1. The molecular formula is C21H26N2O4S. The fraction of sp³-hybridized carbons (Fsp3) is 0.381. The number of benzene rings is 2. The molecule has 0 bridgehead atoms. The molecule has 0 spiro atoms. The molecule has 0 radical (unpaired) electrons. The first kappa shape index (κ1) is 20.5. The van der Waals surface area contributed by atoms with Gasteiger partial charge in [-0.15, -0.1) is 0 Å². The second kappa shape index (κ2) is 8.43. The highest BCUT2D eigenvalue weighted by Gasteiger charge is 2.32. The number of morpholine rings is 1. The second-order valence-electron chi connectivity index (χ2n) is 7.21. The van der Waals surface area contributed by atoms with E-state index in [-0.39, 0.29) is 23.0 Å². The summed E-state index contributed by atoms with van der Waals surface area (Å²) in [5, 5.41) is 2.87. The Labute approximate surface area is 166 Å². The molecule has 0 aliphatic carbocycles. The molecule has 1 aliphatic heterocycles. The number of sulfonamides is 1. The average Bonchev–Trinajstić information content (AvgIpc) is 2.66. The van der Waals surface area contributed by atoms with Crippen molar-refractivity contribution in [3.8, 4) is 0 Å². The molecule has 0 aromatic heterocycles. The number of aryl methyl sites for hydroxylation is 1. The monoisotopic (exact) mass is 402 g/mol.